The topological polar surface area (TPSA) is 74.6 Å². The molecule has 0 saturated heterocycles. The fourth-order valence-corrected chi connectivity index (χ4v) is 2.59. The molecule has 24 heavy (non-hydrogen) atoms. The molecular weight excluding hydrogens is 304 g/mol. The SMILES string of the molecule is CC(C)(CCCCCC/C=C/CCCCCCCC(=O)O)C(=O)O. The summed E-state index contributed by atoms with van der Waals surface area (Å²) in [5.74, 6) is -1.39. The molecule has 0 saturated carbocycles. The minimum absolute atomic E-state index is 0.299. The van der Waals surface area contributed by atoms with Crippen LogP contribution in [0.3, 0.4) is 0 Å². The molecule has 0 fully saturated rings. The number of hydrogen-bond acceptors (Lipinski definition) is 2. The van der Waals surface area contributed by atoms with Crippen molar-refractivity contribution in [1.29, 1.82) is 0 Å². The molecule has 0 atom stereocenters. The zero-order valence-corrected chi connectivity index (χ0v) is 15.6. The van der Waals surface area contributed by atoms with E-state index in [4.69, 9.17) is 10.2 Å². The largest absolute Gasteiger partial charge is 0.481 e. The summed E-state index contributed by atoms with van der Waals surface area (Å²) in [4.78, 5) is 21.3. The lowest BCUT2D eigenvalue weighted by Gasteiger charge is -2.18. The predicted molar refractivity (Wildman–Crippen MR) is 98.2 cm³/mol. The van der Waals surface area contributed by atoms with E-state index in [0.717, 1.165) is 51.4 Å². The number of hydrogen-bond donors (Lipinski definition) is 2. The molecule has 0 unspecified atom stereocenters. The standard InChI is InChI=1S/C20H36O4/c1-20(2,19(23)24)17-15-13-11-9-7-5-3-4-6-8-10-12-14-16-18(21)22/h3,5H,4,6-17H2,1-2H3,(H,21,22)(H,23,24)/b5-3+. The van der Waals surface area contributed by atoms with Crippen molar-refractivity contribution in [3.05, 3.63) is 12.2 Å². The Kier molecular flexibility index (Phi) is 13.3. The maximum Gasteiger partial charge on any atom is 0.309 e. The average molecular weight is 341 g/mol. The number of allylic oxidation sites excluding steroid dienone is 2. The summed E-state index contributed by atoms with van der Waals surface area (Å²) < 4.78 is 0. The van der Waals surface area contributed by atoms with E-state index < -0.39 is 17.4 Å². The van der Waals surface area contributed by atoms with E-state index in [9.17, 15) is 9.59 Å². The van der Waals surface area contributed by atoms with Gasteiger partial charge in [0.2, 0.25) is 0 Å². The minimum Gasteiger partial charge on any atom is -0.481 e. The number of carbonyl (C=O) groups is 2. The zero-order chi connectivity index (χ0) is 18.3. The molecule has 0 aromatic rings. The fraction of sp³-hybridized carbons (Fsp3) is 0.800. The molecule has 140 valence electrons. The highest BCUT2D eigenvalue weighted by Crippen LogP contribution is 2.24. The van der Waals surface area contributed by atoms with Crippen LogP contribution in [-0.4, -0.2) is 22.2 Å². The molecule has 0 aliphatic rings. The summed E-state index contributed by atoms with van der Waals surface area (Å²) in [7, 11) is 0. The molecule has 4 nitrogen and oxygen atoms in total. The van der Waals surface area contributed by atoms with Crippen molar-refractivity contribution >= 4 is 11.9 Å². The van der Waals surface area contributed by atoms with Crippen molar-refractivity contribution in [3.63, 3.8) is 0 Å². The van der Waals surface area contributed by atoms with Gasteiger partial charge in [0.1, 0.15) is 0 Å². The van der Waals surface area contributed by atoms with Crippen LogP contribution in [0.25, 0.3) is 0 Å². The quantitative estimate of drug-likeness (QED) is 0.275. The molecule has 0 spiro atoms. The molecule has 4 heteroatoms. The van der Waals surface area contributed by atoms with Crippen molar-refractivity contribution in [1.82, 2.24) is 0 Å². The summed E-state index contributed by atoms with van der Waals surface area (Å²) >= 11 is 0. The second kappa shape index (κ2) is 14.1. The van der Waals surface area contributed by atoms with Crippen molar-refractivity contribution in [2.75, 3.05) is 0 Å². The van der Waals surface area contributed by atoms with Gasteiger partial charge in [-0.2, -0.15) is 0 Å². The van der Waals surface area contributed by atoms with E-state index in [1.54, 1.807) is 13.8 Å². The molecule has 0 bridgehead atoms. The van der Waals surface area contributed by atoms with Gasteiger partial charge in [0.05, 0.1) is 5.41 Å². The lowest BCUT2D eigenvalue weighted by molar-refractivity contribution is -0.147. The summed E-state index contributed by atoms with van der Waals surface area (Å²) in [5.41, 5.74) is -0.590. The van der Waals surface area contributed by atoms with E-state index in [-0.39, 0.29) is 0 Å². The van der Waals surface area contributed by atoms with Crippen LogP contribution in [0.1, 0.15) is 97.3 Å². The third kappa shape index (κ3) is 14.3. The van der Waals surface area contributed by atoms with Gasteiger partial charge >= 0.3 is 11.9 Å². The van der Waals surface area contributed by atoms with Gasteiger partial charge in [0, 0.05) is 6.42 Å². The summed E-state index contributed by atoms with van der Waals surface area (Å²) in [6, 6.07) is 0. The Morgan fingerprint density at radius 1 is 0.750 bits per heavy atom. The van der Waals surface area contributed by atoms with Crippen molar-refractivity contribution in [2.24, 2.45) is 5.41 Å². The molecule has 0 aromatic heterocycles. The lowest BCUT2D eigenvalue weighted by atomic mass is 9.87. The van der Waals surface area contributed by atoms with Crippen LogP contribution in [0.4, 0.5) is 0 Å². The Morgan fingerprint density at radius 3 is 1.71 bits per heavy atom. The van der Waals surface area contributed by atoms with Crippen LogP contribution in [0.5, 0.6) is 0 Å². The van der Waals surface area contributed by atoms with E-state index in [1.807, 2.05) is 0 Å². The van der Waals surface area contributed by atoms with Gasteiger partial charge in [0.15, 0.2) is 0 Å². The summed E-state index contributed by atoms with van der Waals surface area (Å²) in [6.45, 7) is 3.59. The zero-order valence-electron chi connectivity index (χ0n) is 15.6. The Hall–Kier alpha value is -1.32. The average Bonchev–Trinajstić information content (AvgIpc) is 2.50. The number of aliphatic carboxylic acids is 2. The Morgan fingerprint density at radius 2 is 1.21 bits per heavy atom. The number of carboxylic acids is 2. The molecule has 0 rings (SSSR count). The van der Waals surface area contributed by atoms with Gasteiger partial charge in [-0.25, -0.2) is 0 Å². The Balaban J connectivity index is 3.30. The first-order valence-corrected chi connectivity index (χ1v) is 9.46. The van der Waals surface area contributed by atoms with Gasteiger partial charge in [-0.3, -0.25) is 9.59 Å². The second-order valence-electron chi connectivity index (χ2n) is 7.31. The van der Waals surface area contributed by atoms with Crippen LogP contribution in [0.2, 0.25) is 0 Å². The van der Waals surface area contributed by atoms with Crippen LogP contribution in [-0.2, 0) is 9.59 Å². The van der Waals surface area contributed by atoms with Crippen LogP contribution in [0, 0.1) is 5.41 Å². The normalized spacial score (nSPS) is 11.9. The molecule has 2 N–H and O–H groups in total. The Bertz CT molecular complexity index is 372. The highest BCUT2D eigenvalue weighted by molar-refractivity contribution is 5.73. The van der Waals surface area contributed by atoms with E-state index >= 15 is 0 Å². The van der Waals surface area contributed by atoms with Gasteiger partial charge < -0.3 is 10.2 Å². The first-order valence-electron chi connectivity index (χ1n) is 9.46. The molecule has 0 aromatic carbocycles. The van der Waals surface area contributed by atoms with Crippen molar-refractivity contribution < 1.29 is 19.8 Å². The molecular formula is C20H36O4. The predicted octanol–water partition coefficient (Wildman–Crippen LogP) is 5.81. The number of unbranched alkanes of at least 4 members (excludes halogenated alkanes) is 9. The van der Waals surface area contributed by atoms with Gasteiger partial charge in [0.25, 0.3) is 0 Å². The third-order valence-electron chi connectivity index (χ3n) is 4.43. The van der Waals surface area contributed by atoms with Crippen LogP contribution < -0.4 is 0 Å². The van der Waals surface area contributed by atoms with Gasteiger partial charge in [-0.15, -0.1) is 0 Å². The monoisotopic (exact) mass is 340 g/mol. The summed E-state index contributed by atoms with van der Waals surface area (Å²) in [6.07, 6.45) is 17.6. The van der Waals surface area contributed by atoms with Crippen LogP contribution >= 0.6 is 0 Å². The van der Waals surface area contributed by atoms with E-state index in [1.165, 1.54) is 25.7 Å². The maximum atomic E-state index is 11.0. The highest BCUT2D eigenvalue weighted by atomic mass is 16.4. The van der Waals surface area contributed by atoms with Crippen molar-refractivity contribution in [3.8, 4) is 0 Å². The van der Waals surface area contributed by atoms with Crippen molar-refractivity contribution in [2.45, 2.75) is 97.3 Å². The molecule has 0 radical (unpaired) electrons. The first kappa shape index (κ1) is 22.7. The second-order valence-corrected chi connectivity index (χ2v) is 7.31. The minimum atomic E-state index is -0.702. The van der Waals surface area contributed by atoms with Gasteiger partial charge in [-0.05, 0) is 52.4 Å². The lowest BCUT2D eigenvalue weighted by Crippen LogP contribution is -2.23. The molecule has 0 aliphatic carbocycles. The highest BCUT2D eigenvalue weighted by Gasteiger charge is 2.25. The summed E-state index contributed by atoms with van der Waals surface area (Å²) in [5, 5.41) is 17.6. The smallest absolute Gasteiger partial charge is 0.309 e. The van der Waals surface area contributed by atoms with Crippen LogP contribution in [0.15, 0.2) is 12.2 Å². The maximum absolute atomic E-state index is 11.0. The first-order chi connectivity index (χ1) is 11.4. The number of rotatable bonds is 16. The molecule has 0 amide bonds. The molecule has 0 heterocycles. The van der Waals surface area contributed by atoms with E-state index in [2.05, 4.69) is 12.2 Å². The van der Waals surface area contributed by atoms with Gasteiger partial charge in [-0.1, -0.05) is 50.7 Å². The number of carboxylic acid groups (broad SMARTS) is 2. The third-order valence-corrected chi connectivity index (χ3v) is 4.43. The van der Waals surface area contributed by atoms with E-state index in [0.29, 0.717) is 6.42 Å². The fourth-order valence-electron chi connectivity index (χ4n) is 2.59. The Labute approximate surface area is 147 Å². The molecule has 0 aliphatic heterocycles.